The van der Waals surface area contributed by atoms with Crippen LogP contribution in [0.2, 0.25) is 0 Å². The number of nitrogens with one attached hydrogen (secondary N) is 1. The normalized spacial score (nSPS) is 17.5. The molecule has 33 heavy (non-hydrogen) atoms. The summed E-state index contributed by atoms with van der Waals surface area (Å²) < 4.78 is 33.8. The summed E-state index contributed by atoms with van der Waals surface area (Å²) in [5.74, 6) is -0.317. The van der Waals surface area contributed by atoms with Crippen molar-refractivity contribution < 1.29 is 17.7 Å². The Morgan fingerprint density at radius 3 is 2.76 bits per heavy atom. The highest BCUT2D eigenvalue weighted by Gasteiger charge is 2.36. The van der Waals surface area contributed by atoms with E-state index in [1.165, 1.54) is 4.31 Å². The first kappa shape index (κ1) is 23.4. The topological polar surface area (TPSA) is 92.5 Å². The fourth-order valence-corrected chi connectivity index (χ4v) is 6.30. The number of hydrogen-bond acceptors (Lipinski definition) is 6. The predicted octanol–water partition coefficient (Wildman–Crippen LogP) is 4.24. The highest BCUT2D eigenvalue weighted by Crippen LogP contribution is 2.29. The summed E-state index contributed by atoms with van der Waals surface area (Å²) in [4.78, 5) is 13.8. The Labute approximate surface area is 198 Å². The molecular weight excluding hydrogens is 458 g/mol. The van der Waals surface area contributed by atoms with Crippen molar-refractivity contribution in [3.05, 3.63) is 69.2 Å². The van der Waals surface area contributed by atoms with Crippen LogP contribution >= 0.6 is 11.3 Å². The molecule has 174 valence electrons. The van der Waals surface area contributed by atoms with Gasteiger partial charge in [-0.15, -0.1) is 11.3 Å². The van der Waals surface area contributed by atoms with E-state index in [4.69, 9.17) is 4.52 Å². The molecule has 1 amide bonds. The molecule has 4 rings (SSSR count). The van der Waals surface area contributed by atoms with Crippen molar-refractivity contribution in [2.45, 2.75) is 38.1 Å². The van der Waals surface area contributed by atoms with E-state index in [0.717, 1.165) is 16.0 Å². The van der Waals surface area contributed by atoms with Crippen LogP contribution in [0.5, 0.6) is 0 Å². The van der Waals surface area contributed by atoms with Gasteiger partial charge in [0, 0.05) is 18.0 Å². The molecule has 9 heteroatoms. The van der Waals surface area contributed by atoms with Gasteiger partial charge >= 0.3 is 0 Å². The maximum Gasteiger partial charge on any atom is 0.248 e. The van der Waals surface area contributed by atoms with Gasteiger partial charge in [-0.1, -0.05) is 47.1 Å². The maximum atomic E-state index is 13.5. The first-order valence-electron chi connectivity index (χ1n) is 10.9. The highest BCUT2D eigenvalue weighted by molar-refractivity contribution is 7.89. The van der Waals surface area contributed by atoms with Crippen molar-refractivity contribution in [1.82, 2.24) is 14.8 Å². The highest BCUT2D eigenvalue weighted by atomic mass is 32.2. The molecule has 0 saturated carbocycles. The number of thiophene rings is 1. The Bertz CT molecular complexity index is 1230. The second-order valence-electron chi connectivity index (χ2n) is 8.20. The number of carbonyl (C=O) groups excluding carboxylic acids is 1. The molecule has 7 nitrogen and oxygen atoms in total. The number of rotatable bonds is 7. The number of carbonyl (C=O) groups is 1. The van der Waals surface area contributed by atoms with E-state index in [2.05, 4.69) is 10.5 Å². The van der Waals surface area contributed by atoms with Crippen molar-refractivity contribution >= 4 is 39.4 Å². The minimum atomic E-state index is -3.87. The van der Waals surface area contributed by atoms with Gasteiger partial charge in [0.25, 0.3) is 0 Å². The molecule has 1 atom stereocenters. The molecule has 1 aliphatic heterocycles. The number of hydrogen-bond donors (Lipinski definition) is 1. The maximum absolute atomic E-state index is 13.5. The zero-order valence-electron chi connectivity index (χ0n) is 18.7. The van der Waals surface area contributed by atoms with Crippen LogP contribution in [0, 0.1) is 19.8 Å². The van der Waals surface area contributed by atoms with Crippen molar-refractivity contribution in [2.75, 3.05) is 13.1 Å². The van der Waals surface area contributed by atoms with Crippen LogP contribution < -0.4 is 5.32 Å². The summed E-state index contributed by atoms with van der Waals surface area (Å²) in [7, 11) is -3.87. The third-order valence-corrected chi connectivity index (χ3v) is 8.61. The molecule has 3 heterocycles. The molecule has 1 N–H and O–H groups in total. The molecule has 0 spiro atoms. The van der Waals surface area contributed by atoms with Crippen LogP contribution in [-0.4, -0.2) is 36.9 Å². The molecule has 2 aromatic heterocycles. The number of piperidine rings is 1. The molecule has 0 aliphatic carbocycles. The van der Waals surface area contributed by atoms with Crippen LogP contribution in [0.25, 0.3) is 12.2 Å². The van der Waals surface area contributed by atoms with E-state index in [1.54, 1.807) is 30.4 Å². The Hall–Kier alpha value is -2.75. The summed E-state index contributed by atoms with van der Waals surface area (Å²) in [6, 6.07) is 11.8. The number of amides is 1. The third kappa shape index (κ3) is 5.43. The Kier molecular flexibility index (Phi) is 7.11. The van der Waals surface area contributed by atoms with Gasteiger partial charge in [-0.2, -0.15) is 4.31 Å². The molecular formula is C24H27N3O4S2. The van der Waals surface area contributed by atoms with Crippen LogP contribution in [0.15, 0.2) is 51.2 Å². The van der Waals surface area contributed by atoms with E-state index >= 15 is 0 Å². The van der Waals surface area contributed by atoms with E-state index < -0.39 is 10.0 Å². The second-order valence-corrected chi connectivity index (χ2v) is 11.1. The predicted molar refractivity (Wildman–Crippen MR) is 129 cm³/mol. The largest absolute Gasteiger partial charge is 0.355 e. The monoisotopic (exact) mass is 485 g/mol. The van der Waals surface area contributed by atoms with Crippen molar-refractivity contribution in [3.63, 3.8) is 0 Å². The fourth-order valence-electron chi connectivity index (χ4n) is 3.88. The molecule has 0 radical (unpaired) electrons. The first-order valence-corrected chi connectivity index (χ1v) is 13.2. The zero-order valence-corrected chi connectivity index (χ0v) is 20.3. The van der Waals surface area contributed by atoms with E-state index in [0.29, 0.717) is 31.6 Å². The van der Waals surface area contributed by atoms with Crippen LogP contribution in [-0.2, 0) is 21.4 Å². The lowest BCUT2D eigenvalue weighted by molar-refractivity contribution is -0.126. The van der Waals surface area contributed by atoms with Gasteiger partial charge in [0.1, 0.15) is 5.69 Å². The molecule has 1 aromatic carbocycles. The van der Waals surface area contributed by atoms with Crippen molar-refractivity contribution in [2.24, 2.45) is 5.92 Å². The van der Waals surface area contributed by atoms with Gasteiger partial charge < -0.3 is 9.84 Å². The number of aryl methyl sites for hydroxylation is 2. The number of aromatic nitrogens is 1. The van der Waals surface area contributed by atoms with Crippen molar-refractivity contribution in [1.29, 1.82) is 0 Å². The average Bonchev–Trinajstić information content (AvgIpc) is 3.47. The number of benzene rings is 1. The average molecular weight is 486 g/mol. The van der Waals surface area contributed by atoms with Crippen LogP contribution in [0.3, 0.4) is 0 Å². The summed E-state index contributed by atoms with van der Waals surface area (Å²) in [6.45, 7) is 4.59. The SMILES string of the molecule is Cc1ccc(/C=C/c2onc(C)c2S(=O)(=O)N2CCC[C@H](C(=O)NCc3cccs3)C2)cc1. The zero-order chi connectivity index (χ0) is 23.4. The lowest BCUT2D eigenvalue weighted by Gasteiger charge is -2.31. The number of sulfonamides is 1. The molecule has 0 unspecified atom stereocenters. The molecule has 3 aromatic rings. The van der Waals surface area contributed by atoms with Gasteiger partial charge in [0.2, 0.25) is 15.9 Å². The van der Waals surface area contributed by atoms with Gasteiger partial charge in [-0.05, 0) is 49.8 Å². The summed E-state index contributed by atoms with van der Waals surface area (Å²) in [5, 5.41) is 8.80. The number of nitrogens with zero attached hydrogens (tertiary/aromatic N) is 2. The second kappa shape index (κ2) is 10.0. The Morgan fingerprint density at radius 1 is 1.24 bits per heavy atom. The molecule has 0 bridgehead atoms. The van der Waals surface area contributed by atoms with E-state index in [-0.39, 0.29) is 29.0 Å². The summed E-state index contributed by atoms with van der Waals surface area (Å²) in [5.41, 5.74) is 2.38. The lowest BCUT2D eigenvalue weighted by Crippen LogP contribution is -2.45. The van der Waals surface area contributed by atoms with Crippen LogP contribution in [0.1, 0.15) is 40.3 Å². The van der Waals surface area contributed by atoms with E-state index in [9.17, 15) is 13.2 Å². The summed E-state index contributed by atoms with van der Waals surface area (Å²) in [6.07, 6.45) is 4.71. The van der Waals surface area contributed by atoms with Gasteiger partial charge in [-0.3, -0.25) is 4.79 Å². The van der Waals surface area contributed by atoms with Gasteiger partial charge in [0.15, 0.2) is 10.7 Å². The standard InChI is InChI=1S/C24H27N3O4S2/c1-17-7-9-19(10-8-17)11-12-22-23(18(2)26-31-22)33(29,30)27-13-3-5-20(16-27)24(28)25-15-21-6-4-14-32-21/h4,6-12,14,20H,3,5,13,15-16H2,1-2H3,(H,25,28)/b12-11+/t20-/m0/s1. The van der Waals surface area contributed by atoms with Gasteiger partial charge in [-0.25, -0.2) is 8.42 Å². The van der Waals surface area contributed by atoms with Gasteiger partial charge in [0.05, 0.1) is 12.5 Å². The minimum Gasteiger partial charge on any atom is -0.355 e. The van der Waals surface area contributed by atoms with Crippen LogP contribution in [0.4, 0.5) is 0 Å². The fraction of sp³-hybridized carbons (Fsp3) is 0.333. The Morgan fingerprint density at radius 2 is 2.03 bits per heavy atom. The summed E-state index contributed by atoms with van der Waals surface area (Å²) >= 11 is 1.58. The van der Waals surface area contributed by atoms with Crippen molar-refractivity contribution in [3.8, 4) is 0 Å². The quantitative estimate of drug-likeness (QED) is 0.540. The van der Waals surface area contributed by atoms with E-state index in [1.807, 2.05) is 48.7 Å². The third-order valence-electron chi connectivity index (χ3n) is 5.71. The lowest BCUT2D eigenvalue weighted by atomic mass is 9.99. The smallest absolute Gasteiger partial charge is 0.248 e. The molecule has 1 aliphatic rings. The molecule has 1 fully saturated rings. The minimum absolute atomic E-state index is 0.0607. The Balaban J connectivity index is 1.50. The molecule has 1 saturated heterocycles. The first-order chi connectivity index (χ1) is 15.8.